The Morgan fingerprint density at radius 2 is 2.19 bits per heavy atom. The zero-order valence-corrected chi connectivity index (χ0v) is 15.3. The summed E-state index contributed by atoms with van der Waals surface area (Å²) >= 11 is 6.33. The van der Waals surface area contributed by atoms with Crippen molar-refractivity contribution < 1.29 is 4.79 Å². The number of nitrogens with one attached hydrogen (secondary N) is 3. The van der Waals surface area contributed by atoms with Crippen molar-refractivity contribution in [2.45, 2.75) is 12.8 Å². The second-order valence-electron chi connectivity index (χ2n) is 6.67. The first-order valence-electron chi connectivity index (χ1n) is 8.85. The van der Waals surface area contributed by atoms with Crippen LogP contribution in [0.15, 0.2) is 36.4 Å². The number of benzene rings is 2. The van der Waals surface area contributed by atoms with Crippen LogP contribution in [0, 0.1) is 17.2 Å². The first-order valence-corrected chi connectivity index (χ1v) is 9.23. The molecule has 2 heterocycles. The highest BCUT2D eigenvalue weighted by atomic mass is 35.5. The Labute approximate surface area is 161 Å². The first kappa shape index (κ1) is 17.5. The number of anilines is 1. The number of fused-ring (bicyclic) bond motifs is 1. The summed E-state index contributed by atoms with van der Waals surface area (Å²) in [5.74, 6) is 0.441. The summed E-state index contributed by atoms with van der Waals surface area (Å²) in [5, 5.41) is 23.9. The van der Waals surface area contributed by atoms with Crippen molar-refractivity contribution in [3.63, 3.8) is 0 Å². The highest BCUT2D eigenvalue weighted by Crippen LogP contribution is 2.32. The van der Waals surface area contributed by atoms with Crippen molar-refractivity contribution in [1.29, 1.82) is 5.26 Å². The van der Waals surface area contributed by atoms with Crippen molar-refractivity contribution >= 4 is 34.2 Å². The molecule has 136 valence electrons. The number of hydrogen-bond acceptors (Lipinski definition) is 4. The predicted molar refractivity (Wildman–Crippen MR) is 105 cm³/mol. The maximum atomic E-state index is 12.5. The smallest absolute Gasteiger partial charge is 0.229 e. The van der Waals surface area contributed by atoms with Crippen molar-refractivity contribution in [3.8, 4) is 17.2 Å². The summed E-state index contributed by atoms with van der Waals surface area (Å²) in [6, 6.07) is 13.0. The van der Waals surface area contributed by atoms with Gasteiger partial charge in [-0.2, -0.15) is 10.4 Å². The number of nitriles is 1. The van der Waals surface area contributed by atoms with Crippen LogP contribution >= 0.6 is 11.6 Å². The molecule has 6 nitrogen and oxygen atoms in total. The van der Waals surface area contributed by atoms with Gasteiger partial charge in [-0.25, -0.2) is 0 Å². The fourth-order valence-electron chi connectivity index (χ4n) is 3.39. The minimum atomic E-state index is -0.0459. The molecule has 0 saturated carbocycles. The lowest BCUT2D eigenvalue weighted by atomic mass is 9.98. The van der Waals surface area contributed by atoms with Crippen LogP contribution in [-0.2, 0) is 4.79 Å². The molecule has 0 unspecified atom stereocenters. The Morgan fingerprint density at radius 1 is 1.30 bits per heavy atom. The van der Waals surface area contributed by atoms with Gasteiger partial charge in [-0.1, -0.05) is 17.7 Å². The molecule has 4 rings (SSSR count). The monoisotopic (exact) mass is 379 g/mol. The van der Waals surface area contributed by atoms with Crippen LogP contribution in [0.25, 0.3) is 22.0 Å². The quantitative estimate of drug-likeness (QED) is 0.646. The van der Waals surface area contributed by atoms with E-state index in [0.717, 1.165) is 41.4 Å². The van der Waals surface area contributed by atoms with Gasteiger partial charge in [0.1, 0.15) is 0 Å². The number of aromatic nitrogens is 2. The van der Waals surface area contributed by atoms with Crippen LogP contribution in [0.5, 0.6) is 0 Å². The van der Waals surface area contributed by atoms with Gasteiger partial charge in [0, 0.05) is 22.5 Å². The molecule has 1 aliphatic rings. The summed E-state index contributed by atoms with van der Waals surface area (Å²) in [5.41, 5.74) is 3.00. The standard InChI is InChI=1S/C20H18ClN5O/c21-17-5-3-12(10-22)8-15(17)13-4-6-18-16(9-13)19(26-25-18)24-20(27)14-2-1-7-23-11-14/h3-6,8-9,14,23H,1-2,7,11H2,(H2,24,25,26,27)/t14-/m0/s1. The molecule has 0 spiro atoms. The van der Waals surface area contributed by atoms with Crippen LogP contribution in [0.3, 0.4) is 0 Å². The van der Waals surface area contributed by atoms with E-state index >= 15 is 0 Å². The van der Waals surface area contributed by atoms with Crippen molar-refractivity contribution in [1.82, 2.24) is 15.5 Å². The predicted octanol–water partition coefficient (Wildman–Crippen LogP) is 3.69. The molecule has 0 radical (unpaired) electrons. The molecule has 0 bridgehead atoms. The third-order valence-electron chi connectivity index (χ3n) is 4.88. The lowest BCUT2D eigenvalue weighted by Crippen LogP contribution is -2.37. The van der Waals surface area contributed by atoms with Gasteiger partial charge in [0.15, 0.2) is 5.82 Å². The van der Waals surface area contributed by atoms with Gasteiger partial charge in [-0.05, 0) is 55.3 Å². The normalized spacial score (nSPS) is 16.8. The molecule has 1 amide bonds. The largest absolute Gasteiger partial charge is 0.316 e. The Hall–Kier alpha value is -2.88. The second kappa shape index (κ2) is 7.39. The van der Waals surface area contributed by atoms with Crippen molar-refractivity contribution in [2.24, 2.45) is 5.92 Å². The van der Waals surface area contributed by atoms with Crippen LogP contribution in [-0.4, -0.2) is 29.2 Å². The van der Waals surface area contributed by atoms with Crippen LogP contribution in [0.4, 0.5) is 5.82 Å². The minimum absolute atomic E-state index is 0.0227. The van der Waals surface area contributed by atoms with Gasteiger partial charge >= 0.3 is 0 Å². The average Bonchev–Trinajstić information content (AvgIpc) is 3.11. The van der Waals surface area contributed by atoms with E-state index in [9.17, 15) is 4.79 Å². The van der Waals surface area contributed by atoms with Crippen LogP contribution < -0.4 is 10.6 Å². The number of aromatic amines is 1. The van der Waals surface area contributed by atoms with E-state index in [4.69, 9.17) is 16.9 Å². The molecule has 0 aliphatic carbocycles. The van der Waals surface area contributed by atoms with E-state index < -0.39 is 0 Å². The number of hydrogen-bond donors (Lipinski definition) is 3. The molecule has 27 heavy (non-hydrogen) atoms. The van der Waals surface area contributed by atoms with E-state index in [0.29, 0.717) is 22.9 Å². The third kappa shape index (κ3) is 3.52. The summed E-state index contributed by atoms with van der Waals surface area (Å²) < 4.78 is 0. The fourth-order valence-corrected chi connectivity index (χ4v) is 3.61. The third-order valence-corrected chi connectivity index (χ3v) is 5.21. The highest BCUT2D eigenvalue weighted by Gasteiger charge is 2.22. The van der Waals surface area contributed by atoms with Gasteiger partial charge in [-0.15, -0.1) is 0 Å². The van der Waals surface area contributed by atoms with E-state index in [-0.39, 0.29) is 11.8 Å². The Kier molecular flexibility index (Phi) is 4.80. The lowest BCUT2D eigenvalue weighted by molar-refractivity contribution is -0.120. The maximum absolute atomic E-state index is 12.5. The Morgan fingerprint density at radius 3 is 2.96 bits per heavy atom. The second-order valence-corrected chi connectivity index (χ2v) is 7.08. The molecule has 1 aromatic heterocycles. The lowest BCUT2D eigenvalue weighted by Gasteiger charge is -2.21. The number of piperidine rings is 1. The topological polar surface area (TPSA) is 93.6 Å². The molecule has 7 heteroatoms. The summed E-state index contributed by atoms with van der Waals surface area (Å²) in [4.78, 5) is 12.5. The molecule has 2 aromatic carbocycles. The zero-order valence-electron chi connectivity index (χ0n) is 14.6. The molecular formula is C20H18ClN5O. The van der Waals surface area contributed by atoms with Gasteiger partial charge in [0.05, 0.1) is 23.1 Å². The number of carbonyl (C=O) groups excluding carboxylic acids is 1. The van der Waals surface area contributed by atoms with Gasteiger partial charge < -0.3 is 10.6 Å². The molecular weight excluding hydrogens is 362 g/mol. The highest BCUT2D eigenvalue weighted by molar-refractivity contribution is 6.33. The van der Waals surface area contributed by atoms with Gasteiger partial charge in [-0.3, -0.25) is 9.89 Å². The molecule has 1 atom stereocenters. The Bertz CT molecular complexity index is 1050. The molecule has 3 N–H and O–H groups in total. The van der Waals surface area contributed by atoms with E-state index in [1.165, 1.54) is 0 Å². The Balaban J connectivity index is 1.67. The SMILES string of the molecule is N#Cc1ccc(Cl)c(-c2ccc3[nH]nc(NC(=O)[C@H]4CCCNC4)c3c2)c1. The number of halogens is 1. The first-order chi connectivity index (χ1) is 13.2. The number of carbonyl (C=O) groups is 1. The average molecular weight is 380 g/mol. The summed E-state index contributed by atoms with van der Waals surface area (Å²) in [6.45, 7) is 1.65. The van der Waals surface area contributed by atoms with E-state index in [1.807, 2.05) is 18.2 Å². The summed E-state index contributed by atoms with van der Waals surface area (Å²) in [7, 11) is 0. The molecule has 1 saturated heterocycles. The minimum Gasteiger partial charge on any atom is -0.316 e. The van der Waals surface area contributed by atoms with Crippen LogP contribution in [0.2, 0.25) is 5.02 Å². The van der Waals surface area contributed by atoms with Crippen LogP contribution in [0.1, 0.15) is 18.4 Å². The number of nitrogens with zero attached hydrogens (tertiary/aromatic N) is 2. The van der Waals surface area contributed by atoms with E-state index in [1.54, 1.807) is 18.2 Å². The van der Waals surface area contributed by atoms with Gasteiger partial charge in [0.25, 0.3) is 0 Å². The number of H-pyrrole nitrogens is 1. The molecule has 1 fully saturated rings. The maximum Gasteiger partial charge on any atom is 0.229 e. The van der Waals surface area contributed by atoms with Gasteiger partial charge in [0.2, 0.25) is 5.91 Å². The van der Waals surface area contributed by atoms with E-state index in [2.05, 4.69) is 26.9 Å². The number of rotatable bonds is 3. The number of amides is 1. The zero-order chi connectivity index (χ0) is 18.8. The summed E-state index contributed by atoms with van der Waals surface area (Å²) in [6.07, 6.45) is 1.88. The van der Waals surface area contributed by atoms with Crippen molar-refractivity contribution in [3.05, 3.63) is 47.0 Å². The molecule has 1 aliphatic heterocycles. The van der Waals surface area contributed by atoms with Crippen molar-refractivity contribution in [2.75, 3.05) is 18.4 Å². The molecule has 3 aromatic rings. The fraction of sp³-hybridized carbons (Fsp3) is 0.250.